The molecular formula is C12H11FN4O2. The van der Waals surface area contributed by atoms with Crippen LogP contribution in [0.4, 0.5) is 15.9 Å². The zero-order chi connectivity index (χ0) is 13.8. The van der Waals surface area contributed by atoms with Crippen molar-refractivity contribution in [1.29, 1.82) is 0 Å². The number of hydrogen-bond donors (Lipinski definition) is 2. The second-order valence-electron chi connectivity index (χ2n) is 3.63. The average Bonchev–Trinajstić information content (AvgIpc) is 2.42. The minimum absolute atomic E-state index is 0.0316. The van der Waals surface area contributed by atoms with Crippen LogP contribution in [0.25, 0.3) is 0 Å². The van der Waals surface area contributed by atoms with Crippen LogP contribution < -0.4 is 15.8 Å². The van der Waals surface area contributed by atoms with Crippen molar-refractivity contribution in [2.75, 3.05) is 18.2 Å². The number of halogens is 1. The van der Waals surface area contributed by atoms with Crippen molar-refractivity contribution < 1.29 is 13.9 Å². The highest BCUT2D eigenvalue weighted by Crippen LogP contribution is 2.15. The largest absolute Gasteiger partial charge is 0.481 e. The lowest BCUT2D eigenvalue weighted by molar-refractivity contribution is 0.102. The van der Waals surface area contributed by atoms with Crippen LogP contribution in [0.1, 0.15) is 10.4 Å². The van der Waals surface area contributed by atoms with E-state index in [2.05, 4.69) is 15.3 Å². The van der Waals surface area contributed by atoms with Gasteiger partial charge in [-0.1, -0.05) is 0 Å². The summed E-state index contributed by atoms with van der Waals surface area (Å²) in [7, 11) is 1.49. The Morgan fingerprint density at radius 2 is 2.16 bits per heavy atom. The van der Waals surface area contributed by atoms with Crippen molar-refractivity contribution in [3.05, 3.63) is 42.0 Å². The highest BCUT2D eigenvalue weighted by Gasteiger charge is 2.12. The van der Waals surface area contributed by atoms with Gasteiger partial charge < -0.3 is 15.8 Å². The third kappa shape index (κ3) is 2.95. The van der Waals surface area contributed by atoms with Crippen LogP contribution in [-0.4, -0.2) is 23.0 Å². The van der Waals surface area contributed by atoms with Crippen LogP contribution in [0, 0.1) is 5.82 Å². The number of anilines is 2. The van der Waals surface area contributed by atoms with Gasteiger partial charge in [-0.25, -0.2) is 14.4 Å². The minimum atomic E-state index is -0.632. The Hall–Kier alpha value is -2.70. The Labute approximate surface area is 108 Å². The number of amides is 1. The molecule has 0 unspecified atom stereocenters. The molecular weight excluding hydrogens is 251 g/mol. The Balaban J connectivity index is 2.18. The number of pyridine rings is 2. The number of nitrogen functional groups attached to an aromatic ring is 1. The zero-order valence-corrected chi connectivity index (χ0v) is 10.1. The molecule has 2 aromatic heterocycles. The van der Waals surface area contributed by atoms with E-state index in [9.17, 15) is 9.18 Å². The molecule has 1 amide bonds. The number of rotatable bonds is 3. The summed E-state index contributed by atoms with van der Waals surface area (Å²) in [6.07, 6.45) is 2.36. The lowest BCUT2D eigenvalue weighted by Gasteiger charge is -2.07. The van der Waals surface area contributed by atoms with Gasteiger partial charge in [0.25, 0.3) is 5.91 Å². The van der Waals surface area contributed by atoms with Crippen molar-refractivity contribution in [3.63, 3.8) is 0 Å². The van der Waals surface area contributed by atoms with Gasteiger partial charge in [0, 0.05) is 6.07 Å². The molecule has 0 bridgehead atoms. The van der Waals surface area contributed by atoms with Gasteiger partial charge in [-0.15, -0.1) is 0 Å². The first-order chi connectivity index (χ1) is 9.10. The molecule has 2 aromatic rings. The molecule has 0 saturated carbocycles. The van der Waals surface area contributed by atoms with E-state index in [1.165, 1.54) is 13.3 Å². The average molecular weight is 262 g/mol. The van der Waals surface area contributed by atoms with Gasteiger partial charge in [-0.3, -0.25) is 4.79 Å². The van der Waals surface area contributed by atoms with Crippen molar-refractivity contribution in [1.82, 2.24) is 9.97 Å². The van der Waals surface area contributed by atoms with Gasteiger partial charge in [0.2, 0.25) is 5.88 Å². The molecule has 2 heterocycles. The number of nitrogens with one attached hydrogen (secondary N) is 1. The smallest absolute Gasteiger partial charge is 0.259 e. The van der Waals surface area contributed by atoms with E-state index in [1.807, 2.05) is 0 Å². The summed E-state index contributed by atoms with van der Waals surface area (Å²) in [4.78, 5) is 19.4. The zero-order valence-electron chi connectivity index (χ0n) is 10.1. The molecule has 6 nitrogen and oxygen atoms in total. The fraction of sp³-hybridized carbons (Fsp3) is 0.0833. The number of ether oxygens (including phenoxy) is 1. The molecule has 0 spiro atoms. The van der Waals surface area contributed by atoms with E-state index in [-0.39, 0.29) is 11.4 Å². The van der Waals surface area contributed by atoms with Gasteiger partial charge >= 0.3 is 0 Å². The van der Waals surface area contributed by atoms with E-state index < -0.39 is 11.7 Å². The van der Waals surface area contributed by atoms with Gasteiger partial charge in [0.05, 0.1) is 30.8 Å². The fourth-order valence-corrected chi connectivity index (χ4v) is 1.41. The number of methoxy groups -OCH3 is 1. The summed E-state index contributed by atoms with van der Waals surface area (Å²) in [5.41, 5.74) is 5.92. The van der Waals surface area contributed by atoms with Gasteiger partial charge in [-0.05, 0) is 12.1 Å². The molecule has 0 radical (unpaired) electrons. The molecule has 19 heavy (non-hydrogen) atoms. The molecule has 2 rings (SSSR count). The van der Waals surface area contributed by atoms with Crippen LogP contribution in [-0.2, 0) is 0 Å². The summed E-state index contributed by atoms with van der Waals surface area (Å²) < 4.78 is 17.9. The lowest BCUT2D eigenvalue weighted by Crippen LogP contribution is -2.15. The van der Waals surface area contributed by atoms with Crippen LogP contribution >= 0.6 is 0 Å². The van der Waals surface area contributed by atoms with E-state index >= 15 is 0 Å². The van der Waals surface area contributed by atoms with Gasteiger partial charge in [-0.2, -0.15) is 0 Å². The molecule has 98 valence electrons. The van der Waals surface area contributed by atoms with Gasteiger partial charge in [0.15, 0.2) is 0 Å². The third-order valence-electron chi connectivity index (χ3n) is 2.33. The topological polar surface area (TPSA) is 90.1 Å². The number of carbonyl (C=O) groups excluding carboxylic acids is 1. The fourth-order valence-electron chi connectivity index (χ4n) is 1.41. The Morgan fingerprint density at radius 3 is 2.79 bits per heavy atom. The van der Waals surface area contributed by atoms with Crippen LogP contribution in [0.5, 0.6) is 5.88 Å². The normalized spacial score (nSPS) is 10.0. The van der Waals surface area contributed by atoms with Crippen molar-refractivity contribution in [2.45, 2.75) is 0 Å². The predicted octanol–water partition coefficient (Wildman–Crippen LogP) is 1.46. The molecule has 0 atom stereocenters. The number of carbonyl (C=O) groups is 1. The predicted molar refractivity (Wildman–Crippen MR) is 67.3 cm³/mol. The van der Waals surface area contributed by atoms with E-state index in [0.717, 1.165) is 12.3 Å². The number of aromatic nitrogens is 2. The maximum absolute atomic E-state index is 13.0. The highest BCUT2D eigenvalue weighted by molar-refractivity contribution is 6.07. The Morgan fingerprint density at radius 1 is 1.37 bits per heavy atom. The first-order valence-corrected chi connectivity index (χ1v) is 5.32. The van der Waals surface area contributed by atoms with Crippen molar-refractivity contribution in [2.24, 2.45) is 0 Å². The maximum atomic E-state index is 13.0. The van der Waals surface area contributed by atoms with Crippen molar-refractivity contribution >= 4 is 17.4 Å². The van der Waals surface area contributed by atoms with E-state index in [4.69, 9.17) is 10.5 Å². The van der Waals surface area contributed by atoms with E-state index in [0.29, 0.717) is 11.6 Å². The number of hydrogen-bond acceptors (Lipinski definition) is 5. The Bertz CT molecular complexity index is 601. The standard InChI is InChI=1S/C12H11FN4O2/c1-19-10-3-2-8(6-15-10)17-12(18)9-4-7(13)5-16-11(9)14/h2-6H,1H3,(H2,14,16)(H,17,18). The second-order valence-corrected chi connectivity index (χ2v) is 3.63. The Kier molecular flexibility index (Phi) is 3.56. The van der Waals surface area contributed by atoms with E-state index in [1.54, 1.807) is 12.1 Å². The molecule has 7 heteroatoms. The summed E-state index contributed by atoms with van der Waals surface area (Å²) in [5, 5.41) is 2.53. The minimum Gasteiger partial charge on any atom is -0.481 e. The first kappa shape index (κ1) is 12.7. The highest BCUT2D eigenvalue weighted by atomic mass is 19.1. The maximum Gasteiger partial charge on any atom is 0.259 e. The quantitative estimate of drug-likeness (QED) is 0.873. The summed E-state index contributed by atoms with van der Waals surface area (Å²) in [6.45, 7) is 0. The molecule has 0 saturated heterocycles. The molecule has 0 aliphatic carbocycles. The summed E-state index contributed by atoms with van der Waals surface area (Å²) in [6, 6.07) is 4.21. The summed E-state index contributed by atoms with van der Waals surface area (Å²) >= 11 is 0. The van der Waals surface area contributed by atoms with Crippen molar-refractivity contribution in [3.8, 4) is 5.88 Å². The van der Waals surface area contributed by atoms with Crippen LogP contribution in [0.15, 0.2) is 30.6 Å². The van der Waals surface area contributed by atoms with Gasteiger partial charge in [0.1, 0.15) is 11.6 Å². The number of nitrogens with two attached hydrogens (primary N) is 1. The number of nitrogens with zero attached hydrogens (tertiary/aromatic N) is 2. The third-order valence-corrected chi connectivity index (χ3v) is 2.33. The van der Waals surface area contributed by atoms with Crippen LogP contribution in [0.2, 0.25) is 0 Å². The molecule has 3 N–H and O–H groups in total. The van der Waals surface area contributed by atoms with Crippen LogP contribution in [0.3, 0.4) is 0 Å². The molecule has 0 aliphatic heterocycles. The molecule has 0 aliphatic rings. The SMILES string of the molecule is COc1ccc(NC(=O)c2cc(F)cnc2N)cn1. The monoisotopic (exact) mass is 262 g/mol. The lowest BCUT2D eigenvalue weighted by atomic mass is 10.2. The molecule has 0 aromatic carbocycles. The molecule has 0 fully saturated rings. The first-order valence-electron chi connectivity index (χ1n) is 5.32. The summed E-state index contributed by atoms with van der Waals surface area (Å²) in [5.74, 6) is -0.811. The second kappa shape index (κ2) is 5.30.